The molecule has 0 amide bonds. The van der Waals surface area contributed by atoms with Gasteiger partial charge in [-0.3, -0.25) is 0 Å². The van der Waals surface area contributed by atoms with E-state index in [1.807, 2.05) is 12.1 Å². The summed E-state index contributed by atoms with van der Waals surface area (Å²) in [5.41, 5.74) is 2.32. The molecule has 1 atom stereocenters. The Labute approximate surface area is 130 Å². The maximum Gasteiger partial charge on any atom is 0.162 e. The predicted octanol–water partition coefficient (Wildman–Crippen LogP) is 5.17. The minimum atomic E-state index is 0.475. The maximum atomic E-state index is 5.37. The Bertz CT molecular complexity index is 418. The first kappa shape index (κ1) is 17.7. The average Bonchev–Trinajstić information content (AvgIpc) is 2.48. The molecule has 0 saturated carbocycles. The van der Waals surface area contributed by atoms with Gasteiger partial charge in [-0.05, 0) is 31.9 Å². The standard InChI is InChI=1S/C18H31NO2/c1-6-7-8-9-10-11-15(3)19-16-13-18(21-5)17(20-4)12-14(16)2/h12-13,15,19H,6-11H2,1-5H3. The number of benzene rings is 1. The fraction of sp³-hybridized carbons (Fsp3) is 0.667. The van der Waals surface area contributed by atoms with Crippen LogP contribution in [0.1, 0.15) is 57.9 Å². The number of hydrogen-bond acceptors (Lipinski definition) is 3. The van der Waals surface area contributed by atoms with Gasteiger partial charge in [0.15, 0.2) is 11.5 Å². The third kappa shape index (κ3) is 5.86. The van der Waals surface area contributed by atoms with E-state index in [1.54, 1.807) is 14.2 Å². The Balaban J connectivity index is 2.53. The van der Waals surface area contributed by atoms with Crippen molar-refractivity contribution in [3.05, 3.63) is 17.7 Å². The van der Waals surface area contributed by atoms with E-state index in [4.69, 9.17) is 9.47 Å². The second-order valence-electron chi connectivity index (χ2n) is 5.77. The summed E-state index contributed by atoms with van der Waals surface area (Å²) < 4.78 is 10.7. The molecule has 21 heavy (non-hydrogen) atoms. The van der Waals surface area contributed by atoms with E-state index in [9.17, 15) is 0 Å². The topological polar surface area (TPSA) is 30.5 Å². The zero-order valence-corrected chi connectivity index (χ0v) is 14.3. The Morgan fingerprint density at radius 1 is 1.00 bits per heavy atom. The summed E-state index contributed by atoms with van der Waals surface area (Å²) >= 11 is 0. The molecule has 0 aliphatic heterocycles. The average molecular weight is 293 g/mol. The summed E-state index contributed by atoms with van der Waals surface area (Å²) in [5.74, 6) is 1.56. The number of aryl methyl sites for hydroxylation is 1. The highest BCUT2D eigenvalue weighted by Crippen LogP contribution is 2.33. The van der Waals surface area contributed by atoms with Crippen molar-refractivity contribution in [2.24, 2.45) is 0 Å². The van der Waals surface area contributed by atoms with E-state index in [0.29, 0.717) is 6.04 Å². The first-order valence-electron chi connectivity index (χ1n) is 8.11. The molecule has 3 heteroatoms. The highest BCUT2D eigenvalue weighted by molar-refractivity contribution is 5.60. The Kier molecular flexibility index (Phi) is 8.03. The van der Waals surface area contributed by atoms with Crippen LogP contribution in [-0.4, -0.2) is 20.3 Å². The number of unbranched alkanes of at least 4 members (excludes halogenated alkanes) is 4. The normalized spacial score (nSPS) is 12.0. The van der Waals surface area contributed by atoms with Gasteiger partial charge in [-0.2, -0.15) is 0 Å². The van der Waals surface area contributed by atoms with Crippen LogP contribution in [0.2, 0.25) is 0 Å². The third-order valence-electron chi connectivity index (χ3n) is 3.87. The van der Waals surface area contributed by atoms with Crippen molar-refractivity contribution >= 4 is 5.69 Å². The molecule has 1 N–H and O–H groups in total. The molecule has 0 bridgehead atoms. The van der Waals surface area contributed by atoms with Crippen molar-refractivity contribution in [1.29, 1.82) is 0 Å². The first-order chi connectivity index (χ1) is 10.1. The molecule has 1 rings (SSSR count). The lowest BCUT2D eigenvalue weighted by Gasteiger charge is -2.19. The van der Waals surface area contributed by atoms with Gasteiger partial charge in [0.2, 0.25) is 0 Å². The number of methoxy groups -OCH3 is 2. The van der Waals surface area contributed by atoms with Crippen molar-refractivity contribution in [2.45, 2.75) is 65.3 Å². The monoisotopic (exact) mass is 293 g/mol. The summed E-state index contributed by atoms with van der Waals surface area (Å²) in [6.07, 6.45) is 7.86. The molecule has 0 spiro atoms. The lowest BCUT2D eigenvalue weighted by atomic mass is 10.1. The predicted molar refractivity (Wildman–Crippen MR) is 90.7 cm³/mol. The third-order valence-corrected chi connectivity index (χ3v) is 3.87. The molecule has 0 saturated heterocycles. The van der Waals surface area contributed by atoms with Crippen molar-refractivity contribution in [1.82, 2.24) is 0 Å². The number of ether oxygens (including phenoxy) is 2. The first-order valence-corrected chi connectivity index (χ1v) is 8.11. The quantitative estimate of drug-likeness (QED) is 0.603. The minimum Gasteiger partial charge on any atom is -0.493 e. The largest absolute Gasteiger partial charge is 0.493 e. The van der Waals surface area contributed by atoms with Crippen molar-refractivity contribution in [3.63, 3.8) is 0 Å². The van der Waals surface area contributed by atoms with E-state index in [-0.39, 0.29) is 0 Å². The van der Waals surface area contributed by atoms with Crippen LogP contribution in [0, 0.1) is 6.92 Å². The molecule has 0 aliphatic rings. The Hall–Kier alpha value is -1.38. The molecule has 0 aliphatic carbocycles. The smallest absolute Gasteiger partial charge is 0.162 e. The van der Waals surface area contributed by atoms with Gasteiger partial charge in [-0.25, -0.2) is 0 Å². The summed E-state index contributed by atoms with van der Waals surface area (Å²) in [4.78, 5) is 0. The molecule has 1 aromatic rings. The molecule has 1 aromatic carbocycles. The molecule has 120 valence electrons. The zero-order chi connectivity index (χ0) is 15.7. The SMILES string of the molecule is CCCCCCCC(C)Nc1cc(OC)c(OC)cc1C. The van der Waals surface area contributed by atoms with Gasteiger partial charge >= 0.3 is 0 Å². The summed E-state index contributed by atoms with van der Waals surface area (Å²) in [6.45, 7) is 6.60. The molecule has 3 nitrogen and oxygen atoms in total. The fourth-order valence-corrected chi connectivity index (χ4v) is 2.53. The molecule has 0 fully saturated rings. The van der Waals surface area contributed by atoms with Gasteiger partial charge < -0.3 is 14.8 Å². The van der Waals surface area contributed by atoms with Gasteiger partial charge in [0, 0.05) is 17.8 Å². The summed E-state index contributed by atoms with van der Waals surface area (Å²) in [5, 5.41) is 3.59. The highest BCUT2D eigenvalue weighted by Gasteiger charge is 2.10. The van der Waals surface area contributed by atoms with Crippen LogP contribution in [0.3, 0.4) is 0 Å². The number of hydrogen-bond donors (Lipinski definition) is 1. The van der Waals surface area contributed by atoms with Gasteiger partial charge in [0.25, 0.3) is 0 Å². The van der Waals surface area contributed by atoms with Gasteiger partial charge in [-0.15, -0.1) is 0 Å². The zero-order valence-electron chi connectivity index (χ0n) is 14.3. The highest BCUT2D eigenvalue weighted by atomic mass is 16.5. The van der Waals surface area contributed by atoms with E-state index < -0.39 is 0 Å². The van der Waals surface area contributed by atoms with Crippen molar-refractivity contribution in [3.8, 4) is 11.5 Å². The fourth-order valence-electron chi connectivity index (χ4n) is 2.53. The van der Waals surface area contributed by atoms with Gasteiger partial charge in [0.05, 0.1) is 14.2 Å². The van der Waals surface area contributed by atoms with Gasteiger partial charge in [-0.1, -0.05) is 39.0 Å². The lowest BCUT2D eigenvalue weighted by molar-refractivity contribution is 0.355. The van der Waals surface area contributed by atoms with Crippen LogP contribution in [0.25, 0.3) is 0 Å². The van der Waals surface area contributed by atoms with E-state index in [0.717, 1.165) is 17.2 Å². The van der Waals surface area contributed by atoms with E-state index in [2.05, 4.69) is 26.1 Å². The van der Waals surface area contributed by atoms with Crippen LogP contribution in [0.4, 0.5) is 5.69 Å². The summed E-state index contributed by atoms with van der Waals surface area (Å²) in [6, 6.07) is 4.53. The second kappa shape index (κ2) is 9.54. The van der Waals surface area contributed by atoms with Crippen LogP contribution in [0.15, 0.2) is 12.1 Å². The van der Waals surface area contributed by atoms with Crippen LogP contribution >= 0.6 is 0 Å². The van der Waals surface area contributed by atoms with Crippen LogP contribution in [0.5, 0.6) is 11.5 Å². The number of rotatable bonds is 10. The van der Waals surface area contributed by atoms with E-state index >= 15 is 0 Å². The van der Waals surface area contributed by atoms with Crippen LogP contribution in [-0.2, 0) is 0 Å². The van der Waals surface area contributed by atoms with Crippen molar-refractivity contribution < 1.29 is 9.47 Å². The molecule has 0 aromatic heterocycles. The molecule has 1 unspecified atom stereocenters. The maximum absolute atomic E-state index is 5.37. The lowest BCUT2D eigenvalue weighted by Crippen LogP contribution is -2.15. The van der Waals surface area contributed by atoms with Crippen LogP contribution < -0.4 is 14.8 Å². The summed E-state index contributed by atoms with van der Waals surface area (Å²) in [7, 11) is 3.34. The molecule has 0 heterocycles. The Morgan fingerprint density at radius 3 is 2.24 bits per heavy atom. The van der Waals surface area contributed by atoms with Gasteiger partial charge in [0.1, 0.15) is 0 Å². The Morgan fingerprint density at radius 2 is 1.62 bits per heavy atom. The molecule has 0 radical (unpaired) electrons. The molecular formula is C18H31NO2. The number of anilines is 1. The molecular weight excluding hydrogens is 262 g/mol. The number of nitrogens with one attached hydrogen (secondary N) is 1. The second-order valence-corrected chi connectivity index (χ2v) is 5.77. The minimum absolute atomic E-state index is 0.475. The van der Waals surface area contributed by atoms with Crippen molar-refractivity contribution in [2.75, 3.05) is 19.5 Å². The van der Waals surface area contributed by atoms with E-state index in [1.165, 1.54) is 44.1 Å².